The summed E-state index contributed by atoms with van der Waals surface area (Å²) in [7, 11) is 1.29. The fraction of sp³-hybridized carbons (Fsp3) is 0.333. The van der Waals surface area contributed by atoms with Gasteiger partial charge in [0.2, 0.25) is 5.91 Å². The van der Waals surface area contributed by atoms with E-state index in [9.17, 15) is 14.0 Å². The average Bonchev–Trinajstić information content (AvgIpc) is 3.52. The van der Waals surface area contributed by atoms with E-state index in [1.807, 2.05) is 4.57 Å². The molecule has 2 heterocycles. The lowest BCUT2D eigenvalue weighted by molar-refractivity contribution is -0.113. The molecule has 0 unspecified atom stereocenters. The zero-order valence-corrected chi connectivity index (χ0v) is 20.0. The molecule has 9 nitrogen and oxygen atoms in total. The number of ether oxygens (including phenoxy) is 2. The number of para-hydroxylation sites is 1. The molecule has 4 rings (SSSR count). The molecule has 3 aromatic rings. The number of thioether (sulfide) groups is 1. The smallest absolute Gasteiger partial charge is 0.339 e. The van der Waals surface area contributed by atoms with Crippen LogP contribution in [0.15, 0.2) is 53.7 Å². The van der Waals surface area contributed by atoms with Gasteiger partial charge >= 0.3 is 5.97 Å². The van der Waals surface area contributed by atoms with Gasteiger partial charge in [0.05, 0.1) is 43.3 Å². The van der Waals surface area contributed by atoms with Crippen LogP contribution in [0.4, 0.5) is 15.8 Å². The van der Waals surface area contributed by atoms with Gasteiger partial charge in [0, 0.05) is 12.3 Å². The van der Waals surface area contributed by atoms with E-state index in [2.05, 4.69) is 20.8 Å². The van der Waals surface area contributed by atoms with Crippen molar-refractivity contribution in [2.24, 2.45) is 0 Å². The van der Waals surface area contributed by atoms with Gasteiger partial charge < -0.3 is 24.7 Å². The summed E-state index contributed by atoms with van der Waals surface area (Å²) in [6.07, 6.45) is 1.99. The SMILES string of the molecule is COC(=O)c1ccccc1NC(=O)CSc1nnc(CNc2ccc(F)cc2)n1C[C@@H]1CCCO1. The minimum atomic E-state index is -0.525. The third-order valence-electron chi connectivity index (χ3n) is 5.44. The molecule has 1 amide bonds. The minimum Gasteiger partial charge on any atom is -0.465 e. The Hall–Kier alpha value is -3.44. The summed E-state index contributed by atoms with van der Waals surface area (Å²) in [4.78, 5) is 24.6. The molecule has 1 aromatic heterocycles. The lowest BCUT2D eigenvalue weighted by Gasteiger charge is -2.15. The number of halogens is 1. The van der Waals surface area contributed by atoms with E-state index >= 15 is 0 Å². The molecule has 1 aliphatic heterocycles. The van der Waals surface area contributed by atoms with Crippen LogP contribution in [0, 0.1) is 5.82 Å². The molecule has 0 bridgehead atoms. The summed E-state index contributed by atoms with van der Waals surface area (Å²) in [5, 5.41) is 15.2. The van der Waals surface area contributed by atoms with E-state index in [1.54, 1.807) is 36.4 Å². The van der Waals surface area contributed by atoms with Crippen molar-refractivity contribution >= 4 is 35.0 Å². The number of hydrogen-bond donors (Lipinski definition) is 2. The largest absolute Gasteiger partial charge is 0.465 e. The number of rotatable bonds is 10. The van der Waals surface area contributed by atoms with Crippen molar-refractivity contribution in [2.45, 2.75) is 37.2 Å². The number of hydrogen-bond acceptors (Lipinski definition) is 8. The Bertz CT molecular complexity index is 1160. The van der Waals surface area contributed by atoms with Crippen molar-refractivity contribution in [2.75, 3.05) is 30.1 Å². The summed E-state index contributed by atoms with van der Waals surface area (Å²) in [5.41, 5.74) is 1.43. The molecule has 1 saturated heterocycles. The number of nitrogens with zero attached hydrogens (tertiary/aromatic N) is 3. The van der Waals surface area contributed by atoms with E-state index in [4.69, 9.17) is 9.47 Å². The number of carbonyl (C=O) groups is 2. The van der Waals surface area contributed by atoms with Crippen LogP contribution in [0.2, 0.25) is 0 Å². The second kappa shape index (κ2) is 11.8. The van der Waals surface area contributed by atoms with Gasteiger partial charge in [0.15, 0.2) is 11.0 Å². The molecule has 35 heavy (non-hydrogen) atoms. The second-order valence-electron chi connectivity index (χ2n) is 7.88. The lowest BCUT2D eigenvalue weighted by Crippen LogP contribution is -2.20. The Morgan fingerprint density at radius 1 is 1.20 bits per heavy atom. The number of methoxy groups -OCH3 is 1. The first-order valence-electron chi connectivity index (χ1n) is 11.2. The van der Waals surface area contributed by atoms with Crippen molar-refractivity contribution < 1.29 is 23.5 Å². The third-order valence-corrected chi connectivity index (χ3v) is 6.40. The van der Waals surface area contributed by atoms with Gasteiger partial charge in [0.25, 0.3) is 0 Å². The second-order valence-corrected chi connectivity index (χ2v) is 8.82. The van der Waals surface area contributed by atoms with Crippen LogP contribution in [0.25, 0.3) is 0 Å². The van der Waals surface area contributed by atoms with Crippen molar-refractivity contribution in [3.8, 4) is 0 Å². The third kappa shape index (κ3) is 6.58. The predicted octanol–water partition coefficient (Wildman–Crippen LogP) is 3.73. The van der Waals surface area contributed by atoms with E-state index in [-0.39, 0.29) is 29.1 Å². The number of benzene rings is 2. The first-order chi connectivity index (χ1) is 17.0. The molecule has 0 radical (unpaired) electrons. The molecule has 0 spiro atoms. The van der Waals surface area contributed by atoms with Crippen LogP contribution in [0.3, 0.4) is 0 Å². The number of esters is 1. The highest BCUT2D eigenvalue weighted by Crippen LogP contribution is 2.23. The Morgan fingerprint density at radius 3 is 2.74 bits per heavy atom. The topological polar surface area (TPSA) is 107 Å². The summed E-state index contributed by atoms with van der Waals surface area (Å²) >= 11 is 1.25. The van der Waals surface area contributed by atoms with Gasteiger partial charge in [-0.15, -0.1) is 10.2 Å². The number of nitrogens with one attached hydrogen (secondary N) is 2. The quantitative estimate of drug-likeness (QED) is 0.321. The Balaban J connectivity index is 1.43. The minimum absolute atomic E-state index is 0.0516. The fourth-order valence-electron chi connectivity index (χ4n) is 3.68. The van der Waals surface area contributed by atoms with Gasteiger partial charge in [-0.05, 0) is 49.2 Å². The van der Waals surface area contributed by atoms with E-state index < -0.39 is 5.97 Å². The Kier molecular flexibility index (Phi) is 8.32. The molecule has 0 saturated carbocycles. The lowest BCUT2D eigenvalue weighted by atomic mass is 10.2. The zero-order valence-electron chi connectivity index (χ0n) is 19.2. The van der Waals surface area contributed by atoms with Crippen molar-refractivity contribution in [1.82, 2.24) is 14.8 Å². The first-order valence-corrected chi connectivity index (χ1v) is 12.1. The maximum Gasteiger partial charge on any atom is 0.339 e. The van der Waals surface area contributed by atoms with Crippen LogP contribution in [0.1, 0.15) is 29.0 Å². The van der Waals surface area contributed by atoms with Crippen molar-refractivity contribution in [3.63, 3.8) is 0 Å². The molecule has 2 aromatic carbocycles. The standard InChI is InChI=1S/C24H26FN5O4S/c1-33-23(32)19-6-2-3-7-20(19)27-22(31)15-35-24-29-28-21(30(24)14-18-5-4-12-34-18)13-26-17-10-8-16(25)9-11-17/h2-3,6-11,18,26H,4-5,12-15H2,1H3,(H,27,31)/t18-/m0/s1. The summed E-state index contributed by atoms with van der Waals surface area (Å²) in [6.45, 7) is 1.67. The normalized spacial score (nSPS) is 15.1. The number of carbonyl (C=O) groups excluding carboxylic acids is 2. The highest BCUT2D eigenvalue weighted by molar-refractivity contribution is 7.99. The molecule has 1 atom stereocenters. The summed E-state index contributed by atoms with van der Waals surface area (Å²) in [5.74, 6) is -0.357. The fourth-order valence-corrected chi connectivity index (χ4v) is 4.44. The van der Waals surface area contributed by atoms with Crippen LogP contribution in [-0.4, -0.2) is 52.2 Å². The predicted molar refractivity (Wildman–Crippen MR) is 130 cm³/mol. The van der Waals surface area contributed by atoms with E-state index in [1.165, 1.54) is 31.0 Å². The summed E-state index contributed by atoms with van der Waals surface area (Å²) in [6, 6.07) is 12.8. The number of amides is 1. The van der Waals surface area contributed by atoms with E-state index in [0.717, 1.165) is 25.1 Å². The molecule has 184 valence electrons. The monoisotopic (exact) mass is 499 g/mol. The summed E-state index contributed by atoms with van der Waals surface area (Å²) < 4.78 is 25.7. The number of anilines is 2. The number of aromatic nitrogens is 3. The molecule has 1 aliphatic rings. The van der Waals surface area contributed by atoms with Crippen molar-refractivity contribution in [1.29, 1.82) is 0 Å². The van der Waals surface area contributed by atoms with Crippen molar-refractivity contribution in [3.05, 3.63) is 65.7 Å². The zero-order chi connectivity index (χ0) is 24.6. The van der Waals surface area contributed by atoms with Gasteiger partial charge in [-0.2, -0.15) is 0 Å². The van der Waals surface area contributed by atoms with Gasteiger partial charge in [-0.1, -0.05) is 23.9 Å². The molecular formula is C24H26FN5O4S. The van der Waals surface area contributed by atoms with Crippen LogP contribution in [-0.2, 0) is 27.4 Å². The Morgan fingerprint density at radius 2 is 2.00 bits per heavy atom. The molecule has 11 heteroatoms. The highest BCUT2D eigenvalue weighted by atomic mass is 32.2. The first kappa shape index (κ1) is 24.7. The molecule has 0 aliphatic carbocycles. The van der Waals surface area contributed by atoms with Crippen LogP contribution >= 0.6 is 11.8 Å². The van der Waals surface area contributed by atoms with Crippen LogP contribution in [0.5, 0.6) is 0 Å². The molecule has 2 N–H and O–H groups in total. The van der Waals surface area contributed by atoms with Gasteiger partial charge in [-0.25, -0.2) is 9.18 Å². The maximum atomic E-state index is 13.2. The van der Waals surface area contributed by atoms with E-state index in [0.29, 0.717) is 29.8 Å². The van der Waals surface area contributed by atoms with Gasteiger partial charge in [-0.3, -0.25) is 4.79 Å². The molecule has 1 fully saturated rings. The van der Waals surface area contributed by atoms with Crippen LogP contribution < -0.4 is 10.6 Å². The van der Waals surface area contributed by atoms with Gasteiger partial charge in [0.1, 0.15) is 5.82 Å². The maximum absolute atomic E-state index is 13.2. The Labute approximate surface area is 206 Å². The highest BCUT2D eigenvalue weighted by Gasteiger charge is 2.22. The molecular weight excluding hydrogens is 473 g/mol. The average molecular weight is 500 g/mol.